The standard InChI is InChI=1S/C13H13NO3S/c1-18(16,17)12-4-2-3-11(7-12)13-6-5-10(9-15)8-14-13/h2-8,15H,9H2,1H3. The zero-order valence-electron chi connectivity index (χ0n) is 9.87. The molecule has 0 fully saturated rings. The van der Waals surface area contributed by atoms with Crippen molar-refractivity contribution >= 4 is 9.84 Å². The molecule has 0 radical (unpaired) electrons. The van der Waals surface area contributed by atoms with Gasteiger partial charge < -0.3 is 5.11 Å². The number of hydrogen-bond donors (Lipinski definition) is 1. The summed E-state index contributed by atoms with van der Waals surface area (Å²) in [6.45, 7) is -0.0589. The minimum Gasteiger partial charge on any atom is -0.392 e. The van der Waals surface area contributed by atoms with Crippen LogP contribution in [-0.2, 0) is 16.4 Å². The highest BCUT2D eigenvalue weighted by Crippen LogP contribution is 2.20. The van der Waals surface area contributed by atoms with Crippen LogP contribution in [0.5, 0.6) is 0 Å². The number of pyridine rings is 1. The van der Waals surface area contributed by atoms with Gasteiger partial charge in [0.15, 0.2) is 9.84 Å². The van der Waals surface area contributed by atoms with Crippen molar-refractivity contribution in [1.82, 2.24) is 4.98 Å². The van der Waals surface area contributed by atoms with Gasteiger partial charge in [0.1, 0.15) is 0 Å². The molecule has 4 nitrogen and oxygen atoms in total. The molecule has 0 aliphatic rings. The Balaban J connectivity index is 2.44. The number of aliphatic hydroxyl groups is 1. The van der Waals surface area contributed by atoms with E-state index in [9.17, 15) is 8.42 Å². The van der Waals surface area contributed by atoms with Gasteiger partial charge in [-0.15, -0.1) is 0 Å². The van der Waals surface area contributed by atoms with E-state index in [1.807, 2.05) is 0 Å². The largest absolute Gasteiger partial charge is 0.392 e. The van der Waals surface area contributed by atoms with Gasteiger partial charge in [0.2, 0.25) is 0 Å². The van der Waals surface area contributed by atoms with E-state index in [-0.39, 0.29) is 11.5 Å². The van der Waals surface area contributed by atoms with E-state index >= 15 is 0 Å². The topological polar surface area (TPSA) is 67.3 Å². The van der Waals surface area contributed by atoms with Crippen molar-refractivity contribution in [3.8, 4) is 11.3 Å². The molecule has 1 N–H and O–H groups in total. The predicted molar refractivity (Wildman–Crippen MR) is 68.7 cm³/mol. The molecule has 2 aromatic rings. The Morgan fingerprint density at radius 3 is 2.56 bits per heavy atom. The van der Waals surface area contributed by atoms with Crippen molar-refractivity contribution < 1.29 is 13.5 Å². The van der Waals surface area contributed by atoms with Crippen molar-refractivity contribution in [2.45, 2.75) is 11.5 Å². The Hall–Kier alpha value is -1.72. The predicted octanol–water partition coefficient (Wildman–Crippen LogP) is 1.64. The van der Waals surface area contributed by atoms with E-state index < -0.39 is 9.84 Å². The third kappa shape index (κ3) is 2.75. The zero-order valence-corrected chi connectivity index (χ0v) is 10.7. The molecule has 2 rings (SSSR count). The molecule has 0 saturated heterocycles. The van der Waals surface area contributed by atoms with Crippen LogP contribution in [0.1, 0.15) is 5.56 Å². The molecule has 0 atom stereocenters. The van der Waals surface area contributed by atoms with Crippen LogP contribution in [0.25, 0.3) is 11.3 Å². The van der Waals surface area contributed by atoms with Crippen LogP contribution in [0.15, 0.2) is 47.5 Å². The number of benzene rings is 1. The highest BCUT2D eigenvalue weighted by molar-refractivity contribution is 7.90. The first-order valence-corrected chi connectivity index (χ1v) is 7.26. The molecule has 0 bridgehead atoms. The number of aliphatic hydroxyl groups excluding tert-OH is 1. The van der Waals surface area contributed by atoms with Crippen LogP contribution < -0.4 is 0 Å². The van der Waals surface area contributed by atoms with Crippen LogP contribution >= 0.6 is 0 Å². The zero-order chi connectivity index (χ0) is 13.2. The molecule has 5 heteroatoms. The lowest BCUT2D eigenvalue weighted by molar-refractivity contribution is 0.281. The summed E-state index contributed by atoms with van der Waals surface area (Å²) in [4.78, 5) is 4.46. The van der Waals surface area contributed by atoms with Gasteiger partial charge in [0, 0.05) is 18.0 Å². The lowest BCUT2D eigenvalue weighted by Gasteiger charge is -2.04. The van der Waals surface area contributed by atoms with Crippen LogP contribution in [-0.4, -0.2) is 24.8 Å². The van der Waals surface area contributed by atoms with Gasteiger partial charge in [-0.3, -0.25) is 4.98 Å². The second-order valence-electron chi connectivity index (χ2n) is 4.01. The first-order valence-electron chi connectivity index (χ1n) is 5.37. The smallest absolute Gasteiger partial charge is 0.175 e. The Labute approximate surface area is 106 Å². The number of sulfone groups is 1. The van der Waals surface area contributed by atoms with Gasteiger partial charge in [-0.25, -0.2) is 8.42 Å². The van der Waals surface area contributed by atoms with Gasteiger partial charge in [-0.1, -0.05) is 18.2 Å². The minimum atomic E-state index is -3.21. The molecule has 1 aromatic heterocycles. The molecule has 0 spiro atoms. The van der Waals surface area contributed by atoms with Crippen molar-refractivity contribution in [2.24, 2.45) is 0 Å². The molecule has 0 unspecified atom stereocenters. The molecule has 1 aromatic carbocycles. The van der Waals surface area contributed by atoms with Gasteiger partial charge in [-0.2, -0.15) is 0 Å². The van der Waals surface area contributed by atoms with Crippen molar-refractivity contribution in [1.29, 1.82) is 0 Å². The van der Waals surface area contributed by atoms with Gasteiger partial charge in [0.25, 0.3) is 0 Å². The third-order valence-corrected chi connectivity index (χ3v) is 3.68. The molecule has 0 aliphatic carbocycles. The molecule has 94 valence electrons. The summed E-state index contributed by atoms with van der Waals surface area (Å²) >= 11 is 0. The van der Waals surface area contributed by atoms with Crippen molar-refractivity contribution in [3.05, 3.63) is 48.2 Å². The summed E-state index contributed by atoms with van der Waals surface area (Å²) in [6.07, 6.45) is 2.75. The quantitative estimate of drug-likeness (QED) is 0.914. The maximum atomic E-state index is 11.5. The lowest BCUT2D eigenvalue weighted by Crippen LogP contribution is -1.97. The summed E-state index contributed by atoms with van der Waals surface area (Å²) in [7, 11) is -3.21. The normalized spacial score (nSPS) is 11.4. The maximum Gasteiger partial charge on any atom is 0.175 e. The second-order valence-corrected chi connectivity index (χ2v) is 6.03. The Kier molecular flexibility index (Phi) is 3.45. The monoisotopic (exact) mass is 263 g/mol. The van der Waals surface area contributed by atoms with E-state index in [1.54, 1.807) is 42.6 Å². The minimum absolute atomic E-state index is 0.0589. The van der Waals surface area contributed by atoms with Crippen molar-refractivity contribution in [2.75, 3.05) is 6.26 Å². The number of nitrogens with zero attached hydrogens (tertiary/aromatic N) is 1. The summed E-state index contributed by atoms with van der Waals surface area (Å²) in [5.41, 5.74) is 2.14. The van der Waals surface area contributed by atoms with E-state index in [0.29, 0.717) is 5.69 Å². The fourth-order valence-corrected chi connectivity index (χ4v) is 2.24. The Morgan fingerprint density at radius 1 is 1.22 bits per heavy atom. The average Bonchev–Trinajstić information content (AvgIpc) is 2.38. The fourth-order valence-electron chi connectivity index (χ4n) is 1.57. The lowest BCUT2D eigenvalue weighted by atomic mass is 10.1. The van der Waals surface area contributed by atoms with Crippen molar-refractivity contribution in [3.63, 3.8) is 0 Å². The van der Waals surface area contributed by atoms with Gasteiger partial charge in [-0.05, 0) is 23.8 Å². The van der Waals surface area contributed by atoms with E-state index in [2.05, 4.69) is 4.98 Å². The first kappa shape index (κ1) is 12.7. The summed E-state index contributed by atoms with van der Waals surface area (Å²) in [5, 5.41) is 8.93. The average molecular weight is 263 g/mol. The molecular formula is C13H13NO3S. The fraction of sp³-hybridized carbons (Fsp3) is 0.154. The summed E-state index contributed by atoms with van der Waals surface area (Å²) in [5.74, 6) is 0. The van der Waals surface area contributed by atoms with Crippen LogP contribution in [0, 0.1) is 0 Å². The number of rotatable bonds is 3. The maximum absolute atomic E-state index is 11.5. The van der Waals surface area contributed by atoms with E-state index in [1.165, 1.54) is 6.26 Å². The van der Waals surface area contributed by atoms with E-state index in [4.69, 9.17) is 5.11 Å². The summed E-state index contributed by atoms with van der Waals surface area (Å²) < 4.78 is 22.9. The number of aromatic nitrogens is 1. The number of hydrogen-bond acceptors (Lipinski definition) is 4. The third-order valence-electron chi connectivity index (χ3n) is 2.57. The molecule has 0 aliphatic heterocycles. The van der Waals surface area contributed by atoms with Crippen LogP contribution in [0.2, 0.25) is 0 Å². The molecular weight excluding hydrogens is 250 g/mol. The van der Waals surface area contributed by atoms with Gasteiger partial charge >= 0.3 is 0 Å². The van der Waals surface area contributed by atoms with Gasteiger partial charge in [0.05, 0.1) is 17.2 Å². The highest BCUT2D eigenvalue weighted by atomic mass is 32.2. The molecule has 0 amide bonds. The Bertz CT molecular complexity index is 648. The van der Waals surface area contributed by atoms with Crippen LogP contribution in [0.4, 0.5) is 0 Å². The first-order chi connectivity index (χ1) is 8.50. The highest BCUT2D eigenvalue weighted by Gasteiger charge is 2.08. The molecule has 18 heavy (non-hydrogen) atoms. The SMILES string of the molecule is CS(=O)(=O)c1cccc(-c2ccc(CO)cn2)c1. The Morgan fingerprint density at radius 2 is 2.00 bits per heavy atom. The van der Waals surface area contributed by atoms with Crippen LogP contribution in [0.3, 0.4) is 0 Å². The second kappa shape index (κ2) is 4.88. The summed E-state index contributed by atoms with van der Waals surface area (Å²) in [6, 6.07) is 10.2. The van der Waals surface area contributed by atoms with E-state index in [0.717, 1.165) is 11.1 Å². The molecule has 1 heterocycles. The molecule has 0 saturated carbocycles.